The zero-order valence-corrected chi connectivity index (χ0v) is 15.1. The van der Waals surface area contributed by atoms with Crippen LogP contribution in [0.3, 0.4) is 0 Å². The molecule has 0 spiro atoms. The number of Topliss-reactive ketones (excluding diaryl/α,β-unsaturated/α-hetero) is 1. The molecule has 2 N–H and O–H groups in total. The average Bonchev–Trinajstić information content (AvgIpc) is 2.67. The highest BCUT2D eigenvalue weighted by Crippen LogP contribution is 2.14. The Morgan fingerprint density at radius 1 is 1.07 bits per heavy atom. The summed E-state index contributed by atoms with van der Waals surface area (Å²) in [7, 11) is 0. The lowest BCUT2D eigenvalue weighted by Gasteiger charge is -2.09. The van der Waals surface area contributed by atoms with Crippen LogP contribution in [0.4, 0.5) is 11.5 Å². The molecule has 0 aliphatic heterocycles. The summed E-state index contributed by atoms with van der Waals surface area (Å²) >= 11 is 0. The Bertz CT molecular complexity index is 973. The maximum absolute atomic E-state index is 12.5. The van der Waals surface area contributed by atoms with Gasteiger partial charge in [0, 0.05) is 36.3 Å². The molecular weight excluding hydrogens is 342 g/mol. The van der Waals surface area contributed by atoms with Gasteiger partial charge in [0.2, 0.25) is 0 Å². The number of benzene rings is 1. The predicted molar refractivity (Wildman–Crippen MR) is 103 cm³/mol. The van der Waals surface area contributed by atoms with Crippen LogP contribution in [0.2, 0.25) is 0 Å². The van der Waals surface area contributed by atoms with Crippen LogP contribution in [0.5, 0.6) is 0 Å². The van der Waals surface area contributed by atoms with Gasteiger partial charge in [-0.15, -0.1) is 0 Å². The van der Waals surface area contributed by atoms with Crippen LogP contribution in [-0.4, -0.2) is 26.6 Å². The number of ketones is 1. The molecular formula is C20H19N5O2. The SMILES string of the molecule is CC(=O)c1cccc(NC(=O)c2cc(NCc3cccnc3)nc(C)n2)c1. The second-order valence-corrected chi connectivity index (χ2v) is 5.99. The number of aryl methyl sites for hydroxylation is 1. The fourth-order valence-electron chi connectivity index (χ4n) is 2.48. The topological polar surface area (TPSA) is 96.9 Å². The Hall–Kier alpha value is -3.61. The average molecular weight is 361 g/mol. The molecule has 0 saturated heterocycles. The number of carbonyl (C=O) groups excluding carboxylic acids is 2. The van der Waals surface area contributed by atoms with Crippen molar-refractivity contribution in [2.75, 3.05) is 10.6 Å². The summed E-state index contributed by atoms with van der Waals surface area (Å²) < 4.78 is 0. The zero-order chi connectivity index (χ0) is 19.2. The largest absolute Gasteiger partial charge is 0.366 e. The van der Waals surface area contributed by atoms with E-state index in [1.54, 1.807) is 49.6 Å². The molecule has 1 amide bonds. The molecule has 1 aromatic carbocycles. The zero-order valence-electron chi connectivity index (χ0n) is 15.1. The first kappa shape index (κ1) is 18.2. The third-order valence-corrected chi connectivity index (χ3v) is 3.79. The van der Waals surface area contributed by atoms with Gasteiger partial charge in [0.05, 0.1) is 0 Å². The van der Waals surface area contributed by atoms with Gasteiger partial charge in [-0.05, 0) is 37.6 Å². The molecule has 2 heterocycles. The molecule has 0 unspecified atom stereocenters. The van der Waals surface area contributed by atoms with E-state index in [1.165, 1.54) is 6.92 Å². The lowest BCUT2D eigenvalue weighted by molar-refractivity contribution is 0.100. The smallest absolute Gasteiger partial charge is 0.274 e. The monoisotopic (exact) mass is 361 g/mol. The summed E-state index contributed by atoms with van der Waals surface area (Å²) in [6.07, 6.45) is 3.47. The molecule has 3 aromatic rings. The second kappa shape index (κ2) is 8.18. The van der Waals surface area contributed by atoms with E-state index in [-0.39, 0.29) is 17.4 Å². The molecule has 2 aromatic heterocycles. The first-order valence-electron chi connectivity index (χ1n) is 8.42. The molecule has 0 radical (unpaired) electrons. The van der Waals surface area contributed by atoms with Gasteiger partial charge in [-0.3, -0.25) is 14.6 Å². The van der Waals surface area contributed by atoms with Gasteiger partial charge in [0.15, 0.2) is 5.78 Å². The van der Waals surface area contributed by atoms with E-state index in [9.17, 15) is 9.59 Å². The molecule has 27 heavy (non-hydrogen) atoms. The molecule has 0 aliphatic carbocycles. The lowest BCUT2D eigenvalue weighted by Crippen LogP contribution is -2.16. The first-order chi connectivity index (χ1) is 13.0. The number of anilines is 2. The molecule has 7 heteroatoms. The highest BCUT2D eigenvalue weighted by Gasteiger charge is 2.12. The van der Waals surface area contributed by atoms with E-state index in [0.29, 0.717) is 29.4 Å². The maximum Gasteiger partial charge on any atom is 0.274 e. The quantitative estimate of drug-likeness (QED) is 0.654. The van der Waals surface area contributed by atoms with Crippen LogP contribution in [0.1, 0.15) is 39.2 Å². The fraction of sp³-hybridized carbons (Fsp3) is 0.150. The van der Waals surface area contributed by atoms with E-state index in [4.69, 9.17) is 0 Å². The highest BCUT2D eigenvalue weighted by atomic mass is 16.2. The standard InChI is InChI=1S/C20H19N5O2/c1-13(26)16-6-3-7-17(9-16)25-20(27)18-10-19(24-14(2)23-18)22-12-15-5-4-8-21-11-15/h3-11H,12H2,1-2H3,(H,25,27)(H,22,23,24). The summed E-state index contributed by atoms with van der Waals surface area (Å²) in [5, 5.41) is 5.93. The summed E-state index contributed by atoms with van der Waals surface area (Å²) in [6.45, 7) is 3.74. The van der Waals surface area contributed by atoms with Crippen molar-refractivity contribution in [3.05, 3.63) is 77.5 Å². The second-order valence-electron chi connectivity index (χ2n) is 5.99. The molecule has 0 fully saturated rings. The molecule has 136 valence electrons. The van der Waals surface area contributed by atoms with Crippen LogP contribution < -0.4 is 10.6 Å². The Balaban J connectivity index is 1.74. The number of nitrogens with zero attached hydrogens (tertiary/aromatic N) is 3. The Kier molecular flexibility index (Phi) is 5.51. The van der Waals surface area contributed by atoms with Crippen molar-refractivity contribution in [3.8, 4) is 0 Å². The minimum absolute atomic E-state index is 0.0640. The number of rotatable bonds is 6. The molecule has 0 atom stereocenters. The van der Waals surface area contributed by atoms with Crippen molar-refractivity contribution >= 4 is 23.2 Å². The van der Waals surface area contributed by atoms with Gasteiger partial charge in [-0.1, -0.05) is 18.2 Å². The number of carbonyl (C=O) groups is 2. The van der Waals surface area contributed by atoms with E-state index in [2.05, 4.69) is 25.6 Å². The van der Waals surface area contributed by atoms with Gasteiger partial charge >= 0.3 is 0 Å². The summed E-state index contributed by atoms with van der Waals surface area (Å²) in [5.74, 6) is 0.597. The molecule has 0 aliphatic rings. The number of nitrogens with one attached hydrogen (secondary N) is 2. The Morgan fingerprint density at radius 3 is 2.67 bits per heavy atom. The van der Waals surface area contributed by atoms with Gasteiger partial charge in [-0.25, -0.2) is 9.97 Å². The first-order valence-corrected chi connectivity index (χ1v) is 8.42. The van der Waals surface area contributed by atoms with E-state index < -0.39 is 0 Å². The fourth-order valence-corrected chi connectivity index (χ4v) is 2.48. The molecule has 7 nitrogen and oxygen atoms in total. The Morgan fingerprint density at radius 2 is 1.93 bits per heavy atom. The molecule has 0 saturated carbocycles. The van der Waals surface area contributed by atoms with Crippen molar-refractivity contribution in [3.63, 3.8) is 0 Å². The van der Waals surface area contributed by atoms with E-state index >= 15 is 0 Å². The number of hydrogen-bond acceptors (Lipinski definition) is 6. The number of aromatic nitrogens is 3. The van der Waals surface area contributed by atoms with Gasteiger partial charge in [0.25, 0.3) is 5.91 Å². The lowest BCUT2D eigenvalue weighted by atomic mass is 10.1. The van der Waals surface area contributed by atoms with Crippen LogP contribution in [0.25, 0.3) is 0 Å². The van der Waals surface area contributed by atoms with E-state index in [1.807, 2.05) is 12.1 Å². The third kappa shape index (κ3) is 4.94. The molecule has 3 rings (SSSR count). The summed E-state index contributed by atoms with van der Waals surface area (Å²) in [6, 6.07) is 12.2. The van der Waals surface area contributed by atoms with Crippen LogP contribution in [0.15, 0.2) is 54.9 Å². The number of pyridine rings is 1. The highest BCUT2D eigenvalue weighted by molar-refractivity contribution is 6.04. The van der Waals surface area contributed by atoms with Crippen LogP contribution in [-0.2, 0) is 6.54 Å². The number of amides is 1. The van der Waals surface area contributed by atoms with Crippen molar-refractivity contribution in [1.29, 1.82) is 0 Å². The summed E-state index contributed by atoms with van der Waals surface area (Å²) in [5.41, 5.74) is 2.31. The minimum atomic E-state index is -0.370. The van der Waals surface area contributed by atoms with Crippen molar-refractivity contribution in [2.24, 2.45) is 0 Å². The van der Waals surface area contributed by atoms with Crippen molar-refractivity contribution < 1.29 is 9.59 Å². The van der Waals surface area contributed by atoms with Gasteiger partial charge < -0.3 is 10.6 Å². The number of hydrogen-bond donors (Lipinski definition) is 2. The van der Waals surface area contributed by atoms with Gasteiger partial charge in [0.1, 0.15) is 17.3 Å². The Labute approximate surface area is 156 Å². The van der Waals surface area contributed by atoms with Crippen molar-refractivity contribution in [1.82, 2.24) is 15.0 Å². The maximum atomic E-state index is 12.5. The normalized spacial score (nSPS) is 10.3. The van der Waals surface area contributed by atoms with Crippen LogP contribution in [0, 0.1) is 6.92 Å². The molecule has 0 bridgehead atoms. The van der Waals surface area contributed by atoms with Gasteiger partial charge in [-0.2, -0.15) is 0 Å². The summed E-state index contributed by atoms with van der Waals surface area (Å²) in [4.78, 5) is 36.6. The minimum Gasteiger partial charge on any atom is -0.366 e. The van der Waals surface area contributed by atoms with Crippen molar-refractivity contribution in [2.45, 2.75) is 20.4 Å². The van der Waals surface area contributed by atoms with E-state index in [0.717, 1.165) is 5.56 Å². The third-order valence-electron chi connectivity index (χ3n) is 3.79. The van der Waals surface area contributed by atoms with Crippen LogP contribution >= 0.6 is 0 Å². The predicted octanol–water partition coefficient (Wildman–Crippen LogP) is 3.25.